The molecular formula is C14H23N5O. The van der Waals surface area contributed by atoms with E-state index in [0.29, 0.717) is 17.4 Å². The second kappa shape index (κ2) is 6.65. The van der Waals surface area contributed by atoms with Gasteiger partial charge in [0.15, 0.2) is 0 Å². The van der Waals surface area contributed by atoms with Crippen molar-refractivity contribution in [1.29, 1.82) is 0 Å². The fourth-order valence-electron chi connectivity index (χ4n) is 2.01. The molecule has 0 aliphatic carbocycles. The quantitative estimate of drug-likeness (QED) is 0.887. The molecule has 6 nitrogen and oxygen atoms in total. The molecule has 1 aromatic rings. The molecule has 0 atom stereocenters. The zero-order valence-corrected chi connectivity index (χ0v) is 12.5. The van der Waals surface area contributed by atoms with Crippen LogP contribution >= 0.6 is 0 Å². The maximum Gasteiger partial charge on any atom is 0.274 e. The standard InChI is InChI=1S/C14H23N5O/c1-11(2)8-16-13-10-15-12(9-17-13)14(20)19-6-4-18(3)5-7-19/h9-11H,4-8H2,1-3H3,(H,16,17). The van der Waals surface area contributed by atoms with E-state index >= 15 is 0 Å². The largest absolute Gasteiger partial charge is 0.369 e. The molecule has 1 aromatic heterocycles. The van der Waals surface area contributed by atoms with Crippen LogP contribution in [0.1, 0.15) is 24.3 Å². The SMILES string of the molecule is CC(C)CNc1cnc(C(=O)N2CCN(C)CC2)cn1. The van der Waals surface area contributed by atoms with Gasteiger partial charge in [-0.1, -0.05) is 13.8 Å². The van der Waals surface area contributed by atoms with Crippen LogP contribution in [0.5, 0.6) is 0 Å². The Balaban J connectivity index is 1.93. The number of anilines is 1. The van der Waals surface area contributed by atoms with Crippen molar-refractivity contribution in [2.75, 3.05) is 45.1 Å². The van der Waals surface area contributed by atoms with E-state index in [1.54, 1.807) is 12.4 Å². The third kappa shape index (κ3) is 3.90. The van der Waals surface area contributed by atoms with Crippen LogP contribution in [0.2, 0.25) is 0 Å². The molecule has 1 aliphatic heterocycles. The average Bonchev–Trinajstić information content (AvgIpc) is 2.46. The van der Waals surface area contributed by atoms with Crippen molar-refractivity contribution in [2.24, 2.45) is 5.92 Å². The highest BCUT2D eigenvalue weighted by Crippen LogP contribution is 2.07. The smallest absolute Gasteiger partial charge is 0.274 e. The minimum atomic E-state index is -0.0268. The van der Waals surface area contributed by atoms with Crippen molar-refractivity contribution in [3.63, 3.8) is 0 Å². The van der Waals surface area contributed by atoms with Crippen molar-refractivity contribution in [3.05, 3.63) is 18.1 Å². The van der Waals surface area contributed by atoms with Crippen LogP contribution in [0, 0.1) is 5.92 Å². The number of hydrogen-bond donors (Lipinski definition) is 1. The van der Waals surface area contributed by atoms with Crippen molar-refractivity contribution >= 4 is 11.7 Å². The van der Waals surface area contributed by atoms with Gasteiger partial charge in [0.1, 0.15) is 11.5 Å². The summed E-state index contributed by atoms with van der Waals surface area (Å²) in [6.07, 6.45) is 3.19. The molecule has 110 valence electrons. The molecule has 1 N–H and O–H groups in total. The molecule has 0 bridgehead atoms. The van der Waals surface area contributed by atoms with Gasteiger partial charge in [-0.05, 0) is 13.0 Å². The highest BCUT2D eigenvalue weighted by atomic mass is 16.2. The number of amides is 1. The number of aromatic nitrogens is 2. The van der Waals surface area contributed by atoms with Crippen molar-refractivity contribution in [3.8, 4) is 0 Å². The van der Waals surface area contributed by atoms with Gasteiger partial charge in [-0.15, -0.1) is 0 Å². The number of nitrogens with one attached hydrogen (secondary N) is 1. The molecule has 6 heteroatoms. The molecule has 1 fully saturated rings. The third-order valence-electron chi connectivity index (χ3n) is 3.35. The van der Waals surface area contributed by atoms with Gasteiger partial charge in [-0.2, -0.15) is 0 Å². The summed E-state index contributed by atoms with van der Waals surface area (Å²) in [5.41, 5.74) is 0.421. The minimum absolute atomic E-state index is 0.0268. The molecule has 1 aliphatic rings. The molecule has 0 aromatic carbocycles. The third-order valence-corrected chi connectivity index (χ3v) is 3.35. The number of carbonyl (C=O) groups excluding carboxylic acids is 1. The summed E-state index contributed by atoms with van der Waals surface area (Å²) >= 11 is 0. The van der Waals surface area contributed by atoms with Gasteiger partial charge in [0.05, 0.1) is 12.4 Å². The first-order valence-corrected chi connectivity index (χ1v) is 7.10. The Morgan fingerprint density at radius 3 is 2.50 bits per heavy atom. The first-order chi connectivity index (χ1) is 9.56. The molecule has 0 unspecified atom stereocenters. The van der Waals surface area contributed by atoms with Gasteiger partial charge in [0, 0.05) is 32.7 Å². The van der Waals surface area contributed by atoms with Gasteiger partial charge in [-0.3, -0.25) is 4.79 Å². The number of piperazine rings is 1. The van der Waals surface area contributed by atoms with Crippen LogP contribution in [-0.2, 0) is 0 Å². The molecular weight excluding hydrogens is 254 g/mol. The van der Waals surface area contributed by atoms with Crippen LogP contribution in [0.15, 0.2) is 12.4 Å². The molecule has 0 spiro atoms. The molecule has 0 saturated carbocycles. The summed E-state index contributed by atoms with van der Waals surface area (Å²) in [5.74, 6) is 1.23. The van der Waals surface area contributed by atoms with Crippen molar-refractivity contribution in [1.82, 2.24) is 19.8 Å². The Kier molecular flexibility index (Phi) is 4.89. The van der Waals surface area contributed by atoms with Gasteiger partial charge >= 0.3 is 0 Å². The van der Waals surface area contributed by atoms with E-state index in [9.17, 15) is 4.79 Å². The number of rotatable bonds is 4. The minimum Gasteiger partial charge on any atom is -0.369 e. The molecule has 20 heavy (non-hydrogen) atoms. The Labute approximate surface area is 120 Å². The molecule has 2 rings (SSSR count). The van der Waals surface area contributed by atoms with Crippen molar-refractivity contribution in [2.45, 2.75) is 13.8 Å². The highest BCUT2D eigenvalue weighted by Gasteiger charge is 2.21. The predicted molar refractivity (Wildman–Crippen MR) is 78.8 cm³/mol. The summed E-state index contributed by atoms with van der Waals surface area (Å²) in [4.78, 5) is 24.8. The monoisotopic (exact) mass is 277 g/mol. The molecule has 2 heterocycles. The maximum absolute atomic E-state index is 12.3. The first kappa shape index (κ1) is 14.7. The van der Waals surface area contributed by atoms with E-state index in [4.69, 9.17) is 0 Å². The lowest BCUT2D eigenvalue weighted by molar-refractivity contribution is 0.0658. The summed E-state index contributed by atoms with van der Waals surface area (Å²) in [6, 6.07) is 0. The summed E-state index contributed by atoms with van der Waals surface area (Å²) in [6.45, 7) is 8.44. The Morgan fingerprint density at radius 2 is 1.95 bits per heavy atom. The summed E-state index contributed by atoms with van der Waals surface area (Å²) in [7, 11) is 2.07. The lowest BCUT2D eigenvalue weighted by Crippen LogP contribution is -2.47. The number of hydrogen-bond acceptors (Lipinski definition) is 5. The Hall–Kier alpha value is -1.69. The van der Waals surface area contributed by atoms with Gasteiger partial charge in [-0.25, -0.2) is 9.97 Å². The fourth-order valence-corrected chi connectivity index (χ4v) is 2.01. The Bertz CT molecular complexity index is 437. The van der Waals surface area contributed by atoms with E-state index < -0.39 is 0 Å². The van der Waals surface area contributed by atoms with Crippen LogP contribution in [0.4, 0.5) is 5.82 Å². The second-order valence-corrected chi connectivity index (χ2v) is 5.66. The zero-order chi connectivity index (χ0) is 14.5. The van der Waals surface area contributed by atoms with Gasteiger partial charge in [0.25, 0.3) is 5.91 Å². The van der Waals surface area contributed by atoms with Gasteiger partial charge < -0.3 is 15.1 Å². The van der Waals surface area contributed by atoms with Crippen LogP contribution in [0.25, 0.3) is 0 Å². The molecule has 0 radical (unpaired) electrons. The lowest BCUT2D eigenvalue weighted by atomic mass is 10.2. The van der Waals surface area contributed by atoms with Crippen LogP contribution < -0.4 is 5.32 Å². The first-order valence-electron chi connectivity index (χ1n) is 7.10. The van der Waals surface area contributed by atoms with Crippen molar-refractivity contribution < 1.29 is 4.79 Å². The van der Waals surface area contributed by atoms with E-state index in [2.05, 4.69) is 41.1 Å². The fraction of sp³-hybridized carbons (Fsp3) is 0.643. The van der Waals surface area contributed by atoms with E-state index in [-0.39, 0.29) is 5.91 Å². The summed E-state index contributed by atoms with van der Waals surface area (Å²) < 4.78 is 0. The highest BCUT2D eigenvalue weighted by molar-refractivity contribution is 5.92. The second-order valence-electron chi connectivity index (χ2n) is 5.66. The average molecular weight is 277 g/mol. The number of carbonyl (C=O) groups is 1. The molecule has 1 saturated heterocycles. The van der Waals surface area contributed by atoms with Gasteiger partial charge in [0.2, 0.25) is 0 Å². The topological polar surface area (TPSA) is 61.4 Å². The van der Waals surface area contributed by atoms with E-state index in [1.807, 2.05) is 4.90 Å². The van der Waals surface area contributed by atoms with Crippen LogP contribution in [-0.4, -0.2) is 65.4 Å². The summed E-state index contributed by atoms with van der Waals surface area (Å²) in [5, 5.41) is 3.19. The normalized spacial score (nSPS) is 16.5. The predicted octanol–water partition coefficient (Wildman–Crippen LogP) is 0.932. The number of likely N-dealkylation sites (N-methyl/N-ethyl adjacent to an activating group) is 1. The number of nitrogens with zero attached hydrogens (tertiary/aromatic N) is 4. The van der Waals surface area contributed by atoms with Crippen LogP contribution in [0.3, 0.4) is 0 Å². The van der Waals surface area contributed by atoms with E-state index in [0.717, 1.165) is 32.7 Å². The maximum atomic E-state index is 12.3. The Morgan fingerprint density at radius 1 is 1.25 bits per heavy atom. The van der Waals surface area contributed by atoms with E-state index in [1.165, 1.54) is 0 Å². The lowest BCUT2D eigenvalue weighted by Gasteiger charge is -2.32. The zero-order valence-electron chi connectivity index (χ0n) is 12.5. The molecule has 1 amide bonds.